The van der Waals surface area contributed by atoms with Crippen molar-refractivity contribution in [1.82, 2.24) is 4.90 Å². The molecule has 0 radical (unpaired) electrons. The fraction of sp³-hybridized carbons (Fsp3) is 0.571. The third-order valence-corrected chi connectivity index (χ3v) is 4.34. The van der Waals surface area contributed by atoms with Gasteiger partial charge in [0.25, 0.3) is 0 Å². The number of hydrogen-bond acceptors (Lipinski definition) is 4. The van der Waals surface area contributed by atoms with Gasteiger partial charge in [0.1, 0.15) is 11.2 Å². The van der Waals surface area contributed by atoms with Crippen LogP contribution < -0.4 is 5.73 Å². The zero-order valence-corrected chi connectivity index (χ0v) is 12.7. The molecule has 0 spiro atoms. The molecule has 0 aromatic carbocycles. The molecular formula is C14H20N2O3S. The molecule has 0 bridgehead atoms. The van der Waals surface area contributed by atoms with Crippen LogP contribution in [0, 0.1) is 12.3 Å². The van der Waals surface area contributed by atoms with Gasteiger partial charge in [-0.3, -0.25) is 4.79 Å². The summed E-state index contributed by atoms with van der Waals surface area (Å²) in [6.45, 7) is 3.40. The summed E-state index contributed by atoms with van der Waals surface area (Å²) in [4.78, 5) is 14.7. The molecule has 1 aliphatic heterocycles. The van der Waals surface area contributed by atoms with Gasteiger partial charge in [0.15, 0.2) is 0 Å². The average Bonchev–Trinajstić information content (AvgIpc) is 2.84. The Hall–Kier alpha value is -1.40. The second kappa shape index (κ2) is 5.93. The highest BCUT2D eigenvalue weighted by molar-refractivity contribution is 7.80. The molecule has 0 atom stereocenters. The minimum Gasteiger partial charge on any atom is -0.469 e. The number of nitrogens with two attached hydrogens (primary N) is 1. The number of furan rings is 1. The van der Waals surface area contributed by atoms with Gasteiger partial charge in [-0.1, -0.05) is 12.2 Å². The van der Waals surface area contributed by atoms with Gasteiger partial charge in [0.2, 0.25) is 5.91 Å². The van der Waals surface area contributed by atoms with Gasteiger partial charge < -0.3 is 19.8 Å². The molecule has 1 fully saturated rings. The first-order chi connectivity index (χ1) is 9.47. The minimum atomic E-state index is -0.764. The molecule has 1 aliphatic rings. The summed E-state index contributed by atoms with van der Waals surface area (Å²) in [6.07, 6.45) is 2.73. The number of aryl methyl sites for hydroxylation is 1. The summed E-state index contributed by atoms with van der Waals surface area (Å²) < 4.78 is 10.6. The van der Waals surface area contributed by atoms with Crippen molar-refractivity contribution in [2.45, 2.75) is 26.3 Å². The number of nitrogens with zero attached hydrogens (tertiary/aromatic N) is 1. The monoisotopic (exact) mass is 296 g/mol. The summed E-state index contributed by atoms with van der Waals surface area (Å²) in [6, 6.07) is 1.87. The Balaban J connectivity index is 2.15. The SMILES string of the molecule is Cc1occc1CN(C)C(=O)C1(C(N)=S)CCOCC1. The first kappa shape index (κ1) is 15.0. The maximum atomic E-state index is 12.8. The molecule has 0 unspecified atom stereocenters. The van der Waals surface area contributed by atoms with Gasteiger partial charge in [-0.05, 0) is 25.8 Å². The predicted molar refractivity (Wildman–Crippen MR) is 79.2 cm³/mol. The van der Waals surface area contributed by atoms with Crippen molar-refractivity contribution in [2.24, 2.45) is 11.1 Å². The van der Waals surface area contributed by atoms with E-state index in [2.05, 4.69) is 0 Å². The van der Waals surface area contributed by atoms with E-state index in [-0.39, 0.29) is 10.9 Å². The van der Waals surface area contributed by atoms with Crippen LogP contribution in [0.2, 0.25) is 0 Å². The van der Waals surface area contributed by atoms with Crippen LogP contribution in [0.25, 0.3) is 0 Å². The molecule has 0 aliphatic carbocycles. The highest BCUT2D eigenvalue weighted by atomic mass is 32.1. The standard InChI is InChI=1S/C14H20N2O3S/c1-10-11(3-6-19-10)9-16(2)13(17)14(12(15)20)4-7-18-8-5-14/h3,6H,4-5,7-9H2,1-2H3,(H2,15,20). The first-order valence-electron chi connectivity index (χ1n) is 6.63. The molecule has 0 saturated carbocycles. The molecule has 110 valence electrons. The number of ether oxygens (including phenoxy) is 1. The van der Waals surface area contributed by atoms with Gasteiger partial charge in [-0.2, -0.15) is 0 Å². The Labute approximate surface area is 124 Å². The number of carbonyl (C=O) groups is 1. The lowest BCUT2D eigenvalue weighted by molar-refractivity contribution is -0.141. The molecule has 1 aromatic heterocycles. The highest BCUT2D eigenvalue weighted by Crippen LogP contribution is 2.33. The second-order valence-corrected chi connectivity index (χ2v) is 5.66. The van der Waals surface area contributed by atoms with Crippen LogP contribution in [-0.2, 0) is 16.1 Å². The maximum Gasteiger partial charge on any atom is 0.235 e. The quantitative estimate of drug-likeness (QED) is 0.855. The van der Waals surface area contributed by atoms with Crippen molar-refractivity contribution in [2.75, 3.05) is 20.3 Å². The fourth-order valence-corrected chi connectivity index (χ4v) is 2.84. The van der Waals surface area contributed by atoms with Crippen LogP contribution >= 0.6 is 12.2 Å². The molecule has 1 amide bonds. The van der Waals surface area contributed by atoms with Gasteiger partial charge in [-0.15, -0.1) is 0 Å². The average molecular weight is 296 g/mol. The third kappa shape index (κ3) is 2.71. The molecule has 1 aromatic rings. The second-order valence-electron chi connectivity index (χ2n) is 5.22. The van der Waals surface area contributed by atoms with E-state index in [0.29, 0.717) is 32.6 Å². The zero-order chi connectivity index (χ0) is 14.8. The topological polar surface area (TPSA) is 68.7 Å². The van der Waals surface area contributed by atoms with Crippen LogP contribution in [0.5, 0.6) is 0 Å². The van der Waals surface area contributed by atoms with Gasteiger partial charge in [-0.25, -0.2) is 0 Å². The van der Waals surface area contributed by atoms with Crippen LogP contribution in [0.4, 0.5) is 0 Å². The molecule has 6 heteroatoms. The normalized spacial score (nSPS) is 17.7. The highest BCUT2D eigenvalue weighted by Gasteiger charge is 2.44. The van der Waals surface area contributed by atoms with E-state index in [9.17, 15) is 4.79 Å². The molecule has 2 heterocycles. The smallest absolute Gasteiger partial charge is 0.235 e. The van der Waals surface area contributed by atoms with Crippen LogP contribution in [0.1, 0.15) is 24.2 Å². The maximum absolute atomic E-state index is 12.8. The van der Waals surface area contributed by atoms with Crippen molar-refractivity contribution < 1.29 is 13.9 Å². The Morgan fingerprint density at radius 3 is 2.65 bits per heavy atom. The summed E-state index contributed by atoms with van der Waals surface area (Å²) in [5.74, 6) is 0.787. The number of thiocarbonyl (C=S) groups is 1. The zero-order valence-electron chi connectivity index (χ0n) is 11.8. The first-order valence-corrected chi connectivity index (χ1v) is 7.04. The molecule has 20 heavy (non-hydrogen) atoms. The van der Waals surface area contributed by atoms with Gasteiger partial charge in [0.05, 0.1) is 11.3 Å². The predicted octanol–water partition coefficient (Wildman–Crippen LogP) is 1.63. The van der Waals surface area contributed by atoms with Crippen molar-refractivity contribution >= 4 is 23.1 Å². The molecule has 2 N–H and O–H groups in total. The Morgan fingerprint density at radius 2 is 2.15 bits per heavy atom. The lowest BCUT2D eigenvalue weighted by Crippen LogP contribution is -2.52. The van der Waals surface area contributed by atoms with Crippen LogP contribution in [0.15, 0.2) is 16.7 Å². The largest absolute Gasteiger partial charge is 0.469 e. The number of carbonyl (C=O) groups excluding carboxylic acids is 1. The number of hydrogen-bond donors (Lipinski definition) is 1. The molecule has 5 nitrogen and oxygen atoms in total. The van der Waals surface area contributed by atoms with Gasteiger partial charge in [0, 0.05) is 32.4 Å². The van der Waals surface area contributed by atoms with E-state index in [1.54, 1.807) is 18.2 Å². The van der Waals surface area contributed by atoms with Crippen LogP contribution in [0.3, 0.4) is 0 Å². The van der Waals surface area contributed by atoms with Crippen molar-refractivity contribution in [3.8, 4) is 0 Å². The van der Waals surface area contributed by atoms with E-state index < -0.39 is 5.41 Å². The summed E-state index contributed by atoms with van der Waals surface area (Å²) >= 11 is 5.15. The van der Waals surface area contributed by atoms with Crippen molar-refractivity contribution in [1.29, 1.82) is 0 Å². The summed E-state index contributed by atoms with van der Waals surface area (Å²) in [7, 11) is 1.77. The van der Waals surface area contributed by atoms with E-state index in [4.69, 9.17) is 27.1 Å². The lowest BCUT2D eigenvalue weighted by atomic mass is 9.78. The number of amides is 1. The molecule has 2 rings (SSSR count). The van der Waals surface area contributed by atoms with Gasteiger partial charge >= 0.3 is 0 Å². The third-order valence-electron chi connectivity index (χ3n) is 3.95. The van der Waals surface area contributed by atoms with Crippen molar-refractivity contribution in [3.05, 3.63) is 23.7 Å². The Bertz CT molecular complexity index is 506. The number of rotatable bonds is 4. The fourth-order valence-electron chi connectivity index (χ4n) is 2.55. The molecular weight excluding hydrogens is 276 g/mol. The van der Waals surface area contributed by atoms with Crippen molar-refractivity contribution in [3.63, 3.8) is 0 Å². The van der Waals surface area contributed by atoms with Crippen LogP contribution in [-0.4, -0.2) is 36.1 Å². The van der Waals surface area contributed by atoms with E-state index in [0.717, 1.165) is 11.3 Å². The Morgan fingerprint density at radius 1 is 1.50 bits per heavy atom. The Kier molecular flexibility index (Phi) is 4.45. The summed E-state index contributed by atoms with van der Waals surface area (Å²) in [5, 5.41) is 0. The lowest BCUT2D eigenvalue weighted by Gasteiger charge is -2.37. The molecule has 1 saturated heterocycles. The minimum absolute atomic E-state index is 0.0334. The van der Waals surface area contributed by atoms with E-state index in [1.165, 1.54) is 0 Å². The van der Waals surface area contributed by atoms with E-state index in [1.807, 2.05) is 13.0 Å². The van der Waals surface area contributed by atoms with E-state index >= 15 is 0 Å². The summed E-state index contributed by atoms with van der Waals surface area (Å²) in [5.41, 5.74) is 6.08.